The van der Waals surface area contributed by atoms with E-state index in [9.17, 15) is 19.1 Å². The van der Waals surface area contributed by atoms with Crippen LogP contribution < -0.4 is 4.90 Å². The first-order valence-corrected chi connectivity index (χ1v) is 6.96. The van der Waals surface area contributed by atoms with E-state index in [1.807, 2.05) is 0 Å². The highest BCUT2D eigenvalue weighted by Gasteiger charge is 2.37. The molecule has 22 heavy (non-hydrogen) atoms. The minimum absolute atomic E-state index is 0.000353. The van der Waals surface area contributed by atoms with Crippen LogP contribution in [0.15, 0.2) is 42.5 Å². The monoisotopic (exact) mass is 319 g/mol. The lowest BCUT2D eigenvalue weighted by Gasteiger charge is -2.18. The van der Waals surface area contributed by atoms with E-state index >= 15 is 0 Å². The van der Waals surface area contributed by atoms with Crippen LogP contribution in [-0.4, -0.2) is 23.5 Å². The van der Waals surface area contributed by atoms with Crippen LogP contribution in [0, 0.1) is 5.82 Å². The molecule has 2 aromatic rings. The third-order valence-electron chi connectivity index (χ3n) is 3.69. The van der Waals surface area contributed by atoms with Crippen molar-refractivity contribution < 1.29 is 19.1 Å². The number of benzene rings is 2. The minimum atomic E-state index is -1.01. The SMILES string of the molecule is O=C(O)C1CN(C(=O)c2cccc(F)c2Cl)c2ccccc21. The van der Waals surface area contributed by atoms with E-state index < -0.39 is 23.6 Å². The van der Waals surface area contributed by atoms with Gasteiger partial charge in [0.05, 0.1) is 10.6 Å². The summed E-state index contributed by atoms with van der Waals surface area (Å²) in [6, 6.07) is 10.8. The molecule has 6 heteroatoms. The summed E-state index contributed by atoms with van der Waals surface area (Å²) in [5.41, 5.74) is 1.10. The topological polar surface area (TPSA) is 57.6 Å². The van der Waals surface area contributed by atoms with Crippen LogP contribution in [0.4, 0.5) is 10.1 Å². The molecule has 1 unspecified atom stereocenters. The lowest BCUT2D eigenvalue weighted by molar-refractivity contribution is -0.138. The van der Waals surface area contributed by atoms with Gasteiger partial charge in [0.2, 0.25) is 0 Å². The molecule has 3 rings (SSSR count). The van der Waals surface area contributed by atoms with Gasteiger partial charge < -0.3 is 10.0 Å². The number of carbonyl (C=O) groups is 2. The zero-order valence-electron chi connectivity index (χ0n) is 11.3. The number of fused-ring (bicyclic) bond motifs is 1. The van der Waals surface area contributed by atoms with Crippen molar-refractivity contribution in [3.8, 4) is 0 Å². The van der Waals surface area contributed by atoms with Gasteiger partial charge in [-0.3, -0.25) is 9.59 Å². The standard InChI is InChI=1S/C16H11ClFNO3/c17-14-10(5-3-6-12(14)18)15(20)19-8-11(16(21)22)9-4-1-2-7-13(9)19/h1-7,11H,8H2,(H,21,22). The molecular weight excluding hydrogens is 309 g/mol. The highest BCUT2D eigenvalue weighted by Crippen LogP contribution is 2.37. The second-order valence-corrected chi connectivity index (χ2v) is 5.34. The number of hydrogen-bond acceptors (Lipinski definition) is 2. The average molecular weight is 320 g/mol. The number of halogens is 2. The molecule has 0 aliphatic carbocycles. The molecule has 0 saturated carbocycles. The molecule has 0 radical (unpaired) electrons. The van der Waals surface area contributed by atoms with Gasteiger partial charge in [0.1, 0.15) is 11.7 Å². The molecule has 2 aromatic carbocycles. The Balaban J connectivity index is 2.04. The Hall–Kier alpha value is -2.40. The number of amides is 1. The third-order valence-corrected chi connectivity index (χ3v) is 4.08. The van der Waals surface area contributed by atoms with Crippen molar-refractivity contribution in [1.29, 1.82) is 0 Å². The summed E-state index contributed by atoms with van der Waals surface area (Å²) in [5.74, 6) is -3.00. The van der Waals surface area contributed by atoms with Gasteiger partial charge in [0.25, 0.3) is 5.91 Å². The molecule has 1 atom stereocenters. The van der Waals surface area contributed by atoms with Crippen molar-refractivity contribution >= 4 is 29.2 Å². The van der Waals surface area contributed by atoms with Gasteiger partial charge in [-0.1, -0.05) is 35.9 Å². The van der Waals surface area contributed by atoms with E-state index in [-0.39, 0.29) is 17.1 Å². The maximum Gasteiger partial charge on any atom is 0.312 e. The number of anilines is 1. The number of carbonyl (C=O) groups excluding carboxylic acids is 1. The Morgan fingerprint density at radius 2 is 1.91 bits per heavy atom. The van der Waals surface area contributed by atoms with Gasteiger partial charge in [-0.15, -0.1) is 0 Å². The first-order valence-electron chi connectivity index (χ1n) is 6.58. The Morgan fingerprint density at radius 1 is 1.18 bits per heavy atom. The fraction of sp³-hybridized carbons (Fsp3) is 0.125. The Kier molecular flexibility index (Phi) is 3.58. The van der Waals surface area contributed by atoms with E-state index in [1.54, 1.807) is 24.3 Å². The fourth-order valence-electron chi connectivity index (χ4n) is 2.63. The van der Waals surface area contributed by atoms with Crippen molar-refractivity contribution in [1.82, 2.24) is 0 Å². The fourth-order valence-corrected chi connectivity index (χ4v) is 2.83. The second kappa shape index (κ2) is 5.42. The van der Waals surface area contributed by atoms with Crippen molar-refractivity contribution in [3.05, 3.63) is 64.4 Å². The third kappa shape index (κ3) is 2.23. The molecule has 0 spiro atoms. The van der Waals surface area contributed by atoms with Gasteiger partial charge in [-0.25, -0.2) is 4.39 Å². The number of hydrogen-bond donors (Lipinski definition) is 1. The summed E-state index contributed by atoms with van der Waals surface area (Å²) < 4.78 is 13.5. The van der Waals surface area contributed by atoms with E-state index in [0.29, 0.717) is 11.3 Å². The maximum absolute atomic E-state index is 13.5. The van der Waals surface area contributed by atoms with Gasteiger partial charge in [0, 0.05) is 12.2 Å². The first-order chi connectivity index (χ1) is 10.5. The summed E-state index contributed by atoms with van der Waals surface area (Å²) in [6.45, 7) is 0.000353. The normalized spacial score (nSPS) is 16.5. The summed E-state index contributed by atoms with van der Waals surface area (Å²) in [7, 11) is 0. The van der Waals surface area contributed by atoms with E-state index in [0.717, 1.165) is 6.07 Å². The van der Waals surface area contributed by atoms with E-state index in [1.165, 1.54) is 17.0 Å². The molecule has 1 aliphatic heterocycles. The number of nitrogens with zero attached hydrogens (tertiary/aromatic N) is 1. The quantitative estimate of drug-likeness (QED) is 0.924. The summed E-state index contributed by atoms with van der Waals surface area (Å²) in [6.07, 6.45) is 0. The Bertz CT molecular complexity index is 778. The van der Waals surface area contributed by atoms with Gasteiger partial charge >= 0.3 is 5.97 Å². The lowest BCUT2D eigenvalue weighted by atomic mass is 10.0. The van der Waals surface area contributed by atoms with E-state index in [2.05, 4.69) is 0 Å². The minimum Gasteiger partial charge on any atom is -0.481 e. The highest BCUT2D eigenvalue weighted by molar-refractivity contribution is 6.34. The van der Waals surface area contributed by atoms with Crippen molar-refractivity contribution in [2.75, 3.05) is 11.4 Å². The molecular formula is C16H11ClFNO3. The molecule has 0 bridgehead atoms. The van der Waals surface area contributed by atoms with Crippen LogP contribution in [0.5, 0.6) is 0 Å². The molecule has 1 amide bonds. The zero-order valence-corrected chi connectivity index (χ0v) is 12.0. The van der Waals surface area contributed by atoms with Gasteiger partial charge in [-0.2, -0.15) is 0 Å². The predicted molar refractivity (Wildman–Crippen MR) is 79.9 cm³/mol. The average Bonchev–Trinajstić information content (AvgIpc) is 2.89. The van der Waals surface area contributed by atoms with Gasteiger partial charge in [-0.05, 0) is 23.8 Å². The molecule has 0 aromatic heterocycles. The Labute approximate surface area is 130 Å². The molecule has 0 saturated heterocycles. The number of carboxylic acid groups (broad SMARTS) is 1. The van der Waals surface area contributed by atoms with E-state index in [4.69, 9.17) is 11.6 Å². The van der Waals surface area contributed by atoms with Crippen molar-refractivity contribution in [3.63, 3.8) is 0 Å². The van der Waals surface area contributed by atoms with Crippen molar-refractivity contribution in [2.45, 2.75) is 5.92 Å². The number of carboxylic acids is 1. The van der Waals surface area contributed by atoms with Crippen LogP contribution in [0.2, 0.25) is 5.02 Å². The largest absolute Gasteiger partial charge is 0.481 e. The first kappa shape index (κ1) is 14.5. The number of para-hydroxylation sites is 1. The molecule has 1 heterocycles. The van der Waals surface area contributed by atoms with Crippen LogP contribution in [-0.2, 0) is 4.79 Å². The van der Waals surface area contributed by atoms with Crippen LogP contribution in [0.25, 0.3) is 0 Å². The van der Waals surface area contributed by atoms with Gasteiger partial charge in [0.15, 0.2) is 0 Å². The smallest absolute Gasteiger partial charge is 0.312 e. The summed E-state index contributed by atoms with van der Waals surface area (Å²) in [5, 5.41) is 9.04. The number of rotatable bonds is 2. The van der Waals surface area contributed by atoms with Crippen LogP contribution in [0.3, 0.4) is 0 Å². The number of aliphatic carboxylic acids is 1. The highest BCUT2D eigenvalue weighted by atomic mass is 35.5. The zero-order chi connectivity index (χ0) is 15.9. The van der Waals surface area contributed by atoms with Crippen LogP contribution >= 0.6 is 11.6 Å². The molecule has 1 aliphatic rings. The van der Waals surface area contributed by atoms with Crippen LogP contribution in [0.1, 0.15) is 21.8 Å². The predicted octanol–water partition coefficient (Wildman–Crippen LogP) is 3.31. The molecule has 1 N–H and O–H groups in total. The summed E-state index contributed by atoms with van der Waals surface area (Å²) in [4.78, 5) is 25.3. The maximum atomic E-state index is 13.5. The molecule has 0 fully saturated rings. The van der Waals surface area contributed by atoms with Crippen molar-refractivity contribution in [2.24, 2.45) is 0 Å². The Morgan fingerprint density at radius 3 is 2.64 bits per heavy atom. The molecule has 4 nitrogen and oxygen atoms in total. The lowest BCUT2D eigenvalue weighted by Crippen LogP contribution is -2.31. The summed E-state index contributed by atoms with van der Waals surface area (Å²) >= 11 is 5.85. The molecule has 112 valence electrons. The second-order valence-electron chi connectivity index (χ2n) is 4.97.